The summed E-state index contributed by atoms with van der Waals surface area (Å²) in [6.07, 6.45) is 0. The van der Waals surface area contributed by atoms with E-state index >= 15 is 0 Å². The summed E-state index contributed by atoms with van der Waals surface area (Å²) in [5.41, 5.74) is -1.26. The molecule has 1 atom stereocenters. The Morgan fingerprint density at radius 1 is 1.32 bits per heavy atom. The summed E-state index contributed by atoms with van der Waals surface area (Å²) in [6, 6.07) is 0.300. The van der Waals surface area contributed by atoms with Crippen LogP contribution < -0.4 is 0 Å². The Morgan fingerprint density at radius 2 is 1.86 bits per heavy atom. The van der Waals surface area contributed by atoms with Crippen molar-refractivity contribution in [3.05, 3.63) is 0 Å². The maximum atomic E-state index is 11.9. The minimum atomic E-state index is -1.29. The summed E-state index contributed by atoms with van der Waals surface area (Å²) in [4.78, 5) is 35.1. The molecule has 1 aliphatic heterocycles. The molecule has 1 unspecified atom stereocenters. The van der Waals surface area contributed by atoms with Crippen molar-refractivity contribution in [1.82, 2.24) is 10.0 Å². The van der Waals surface area contributed by atoms with Gasteiger partial charge in [-0.05, 0) is 26.8 Å². The Labute approximate surface area is 132 Å². The first kappa shape index (κ1) is 18.6. The number of aliphatic carboxylic acids is 1. The van der Waals surface area contributed by atoms with E-state index in [0.29, 0.717) is 6.61 Å². The molecule has 1 saturated heterocycles. The molecular formula is C14H26N2O5Si. The molecule has 1 heterocycles. The number of carboxylic acids is 1. The second-order valence-electron chi connectivity index (χ2n) is 7.31. The standard InChI is InChI=1S/C14H26N2O5Si/c1-10-12(18)15(16(10)14(2,3)13(19)20)9-11(17)21-7-8-22(4,5)6/h10H,7-9H2,1-6H3,(H,19,20). The van der Waals surface area contributed by atoms with Crippen LogP contribution in [0.5, 0.6) is 0 Å². The molecule has 8 heteroatoms. The van der Waals surface area contributed by atoms with Gasteiger partial charge in [0.2, 0.25) is 0 Å². The Bertz CT molecular complexity index is 472. The molecular weight excluding hydrogens is 304 g/mol. The largest absolute Gasteiger partial charge is 0.480 e. The first-order valence-corrected chi connectivity index (χ1v) is 11.1. The number of carbonyl (C=O) groups is 3. The Hall–Kier alpha value is -1.41. The summed E-state index contributed by atoms with van der Waals surface area (Å²) in [7, 11) is -1.29. The van der Waals surface area contributed by atoms with Crippen molar-refractivity contribution in [3.63, 3.8) is 0 Å². The van der Waals surface area contributed by atoms with E-state index in [1.54, 1.807) is 6.92 Å². The van der Waals surface area contributed by atoms with E-state index in [1.165, 1.54) is 18.9 Å². The molecule has 0 bridgehead atoms. The maximum absolute atomic E-state index is 11.9. The second kappa shape index (κ2) is 6.37. The fraction of sp³-hybridized carbons (Fsp3) is 0.786. The molecule has 7 nitrogen and oxygen atoms in total. The number of carboxylic acid groups (broad SMARTS) is 1. The van der Waals surface area contributed by atoms with E-state index in [2.05, 4.69) is 19.6 Å². The van der Waals surface area contributed by atoms with Crippen LogP contribution in [0.1, 0.15) is 20.8 Å². The number of esters is 1. The molecule has 22 heavy (non-hydrogen) atoms. The molecule has 0 saturated carbocycles. The molecule has 1 fully saturated rings. The fourth-order valence-electron chi connectivity index (χ4n) is 2.26. The third-order valence-corrected chi connectivity index (χ3v) is 5.43. The van der Waals surface area contributed by atoms with Crippen molar-refractivity contribution in [2.45, 2.75) is 58.0 Å². The number of ether oxygens (including phenoxy) is 1. The quantitative estimate of drug-likeness (QED) is 0.557. The van der Waals surface area contributed by atoms with Crippen LogP contribution in [-0.4, -0.2) is 65.8 Å². The molecule has 126 valence electrons. The van der Waals surface area contributed by atoms with Gasteiger partial charge in [-0.2, -0.15) is 5.01 Å². The Kier molecular flexibility index (Phi) is 5.40. The third kappa shape index (κ3) is 4.07. The highest BCUT2D eigenvalue weighted by Crippen LogP contribution is 2.30. The lowest BCUT2D eigenvalue weighted by atomic mass is 9.99. The van der Waals surface area contributed by atoms with Crippen molar-refractivity contribution >= 4 is 25.9 Å². The lowest BCUT2D eigenvalue weighted by molar-refractivity contribution is -0.222. The van der Waals surface area contributed by atoms with Crippen LogP contribution in [0.25, 0.3) is 0 Å². The predicted octanol–water partition coefficient (Wildman–Crippen LogP) is 1.18. The van der Waals surface area contributed by atoms with Crippen LogP contribution in [0.2, 0.25) is 25.7 Å². The molecule has 0 radical (unpaired) electrons. The summed E-state index contributed by atoms with van der Waals surface area (Å²) in [5.74, 6) is -1.83. The molecule has 0 aromatic carbocycles. The minimum absolute atomic E-state index is 0.244. The lowest BCUT2D eigenvalue weighted by Gasteiger charge is -2.53. The van der Waals surface area contributed by atoms with Crippen molar-refractivity contribution in [2.24, 2.45) is 0 Å². The van der Waals surface area contributed by atoms with Crippen molar-refractivity contribution in [2.75, 3.05) is 13.2 Å². The van der Waals surface area contributed by atoms with Gasteiger partial charge in [-0.3, -0.25) is 19.4 Å². The van der Waals surface area contributed by atoms with E-state index < -0.39 is 31.6 Å². The van der Waals surface area contributed by atoms with Gasteiger partial charge in [-0.25, -0.2) is 0 Å². The number of hydrazine groups is 1. The number of rotatable bonds is 7. The van der Waals surface area contributed by atoms with Gasteiger partial charge in [0, 0.05) is 8.07 Å². The normalized spacial score (nSPS) is 19.8. The van der Waals surface area contributed by atoms with Gasteiger partial charge in [0.05, 0.1) is 6.61 Å². The molecule has 0 aromatic rings. The van der Waals surface area contributed by atoms with Crippen LogP contribution in [0.4, 0.5) is 0 Å². The molecule has 1 aliphatic rings. The van der Waals surface area contributed by atoms with Gasteiger partial charge in [0.1, 0.15) is 18.1 Å². The van der Waals surface area contributed by atoms with Gasteiger partial charge in [-0.15, -0.1) is 0 Å². The zero-order valence-electron chi connectivity index (χ0n) is 14.2. The Balaban J connectivity index is 2.62. The van der Waals surface area contributed by atoms with Gasteiger partial charge in [0.15, 0.2) is 0 Å². The number of nitrogens with zero attached hydrogens (tertiary/aromatic N) is 2. The molecule has 0 spiro atoms. The first-order chi connectivity index (χ1) is 9.88. The predicted molar refractivity (Wildman–Crippen MR) is 83.8 cm³/mol. The maximum Gasteiger partial charge on any atom is 0.327 e. The van der Waals surface area contributed by atoms with Crippen LogP contribution in [0.15, 0.2) is 0 Å². The van der Waals surface area contributed by atoms with Crippen molar-refractivity contribution in [3.8, 4) is 0 Å². The average Bonchev–Trinajstić information content (AvgIpc) is 2.35. The summed E-state index contributed by atoms with van der Waals surface area (Å²) < 4.78 is 5.16. The fourth-order valence-corrected chi connectivity index (χ4v) is 2.97. The SMILES string of the molecule is CC1C(=O)N(CC(=O)OCC[Si](C)(C)C)N1C(C)(C)C(=O)O. The number of hydrogen-bond donors (Lipinski definition) is 1. The van der Waals surface area contributed by atoms with E-state index in [4.69, 9.17) is 4.74 Å². The van der Waals surface area contributed by atoms with E-state index in [1.807, 2.05) is 0 Å². The highest BCUT2D eigenvalue weighted by atomic mass is 28.3. The van der Waals surface area contributed by atoms with Gasteiger partial charge < -0.3 is 9.84 Å². The Morgan fingerprint density at radius 3 is 2.32 bits per heavy atom. The molecule has 0 aliphatic carbocycles. The van der Waals surface area contributed by atoms with Crippen molar-refractivity contribution < 1.29 is 24.2 Å². The summed E-state index contributed by atoms with van der Waals surface area (Å²) in [6.45, 7) is 11.3. The lowest BCUT2D eigenvalue weighted by Crippen LogP contribution is -2.75. The number of carbonyl (C=O) groups excluding carboxylic acids is 2. The molecule has 1 rings (SSSR count). The van der Waals surface area contributed by atoms with Gasteiger partial charge in [0.25, 0.3) is 5.91 Å². The molecule has 1 amide bonds. The van der Waals surface area contributed by atoms with E-state index in [0.717, 1.165) is 11.1 Å². The van der Waals surface area contributed by atoms with E-state index in [-0.39, 0.29) is 12.5 Å². The molecule has 1 N–H and O–H groups in total. The summed E-state index contributed by atoms with van der Waals surface area (Å²) >= 11 is 0. The smallest absolute Gasteiger partial charge is 0.327 e. The zero-order chi connectivity index (χ0) is 17.3. The average molecular weight is 330 g/mol. The van der Waals surface area contributed by atoms with Gasteiger partial charge >= 0.3 is 11.9 Å². The van der Waals surface area contributed by atoms with E-state index in [9.17, 15) is 19.5 Å². The zero-order valence-corrected chi connectivity index (χ0v) is 15.2. The van der Waals surface area contributed by atoms with Crippen LogP contribution in [0.3, 0.4) is 0 Å². The third-order valence-electron chi connectivity index (χ3n) is 3.73. The number of amides is 1. The van der Waals surface area contributed by atoms with Crippen molar-refractivity contribution in [1.29, 1.82) is 0 Å². The van der Waals surface area contributed by atoms with Crippen LogP contribution in [0, 0.1) is 0 Å². The highest BCUT2D eigenvalue weighted by Gasteiger charge is 2.53. The second-order valence-corrected chi connectivity index (χ2v) is 12.9. The van der Waals surface area contributed by atoms with Crippen LogP contribution >= 0.6 is 0 Å². The minimum Gasteiger partial charge on any atom is -0.480 e. The topological polar surface area (TPSA) is 87.2 Å². The molecule has 0 aromatic heterocycles. The first-order valence-electron chi connectivity index (χ1n) is 7.37. The summed E-state index contributed by atoms with van der Waals surface area (Å²) in [5, 5.41) is 11.8. The van der Waals surface area contributed by atoms with Gasteiger partial charge in [-0.1, -0.05) is 19.6 Å². The number of hydrogen-bond acceptors (Lipinski definition) is 5. The van der Waals surface area contributed by atoms with Crippen LogP contribution in [-0.2, 0) is 19.1 Å². The monoisotopic (exact) mass is 330 g/mol. The highest BCUT2D eigenvalue weighted by molar-refractivity contribution is 6.76.